The van der Waals surface area contributed by atoms with Gasteiger partial charge in [0.05, 0.1) is 12.7 Å². The van der Waals surface area contributed by atoms with Crippen molar-refractivity contribution in [2.75, 3.05) is 33.4 Å². The summed E-state index contributed by atoms with van der Waals surface area (Å²) in [6.45, 7) is 4.73. The lowest BCUT2D eigenvalue weighted by Crippen LogP contribution is -2.37. The Kier molecular flexibility index (Phi) is 6.37. The lowest BCUT2D eigenvalue weighted by atomic mass is 10.1. The summed E-state index contributed by atoms with van der Waals surface area (Å²) in [5.41, 5.74) is 0. The van der Waals surface area contributed by atoms with Crippen molar-refractivity contribution in [3.8, 4) is 0 Å². The molecular formula is C11H22N2O3. The molecule has 1 rings (SSSR count). The van der Waals surface area contributed by atoms with Gasteiger partial charge in [-0.3, -0.25) is 4.79 Å². The Morgan fingerprint density at radius 1 is 1.50 bits per heavy atom. The van der Waals surface area contributed by atoms with E-state index in [4.69, 9.17) is 9.47 Å². The molecule has 0 saturated carbocycles. The largest absolute Gasteiger partial charge is 0.383 e. The maximum absolute atomic E-state index is 11.3. The quantitative estimate of drug-likeness (QED) is 0.600. The van der Waals surface area contributed by atoms with E-state index in [9.17, 15) is 4.79 Å². The number of rotatable bonds is 7. The van der Waals surface area contributed by atoms with Crippen molar-refractivity contribution >= 4 is 5.91 Å². The van der Waals surface area contributed by atoms with Gasteiger partial charge in [-0.25, -0.2) is 0 Å². The Bertz CT molecular complexity index is 211. The molecule has 0 aromatic carbocycles. The smallest absolute Gasteiger partial charge is 0.221 e. The van der Waals surface area contributed by atoms with Crippen molar-refractivity contribution in [2.24, 2.45) is 0 Å². The molecule has 1 fully saturated rings. The van der Waals surface area contributed by atoms with Crippen molar-refractivity contribution < 1.29 is 14.3 Å². The molecule has 94 valence electrons. The Morgan fingerprint density at radius 2 is 2.31 bits per heavy atom. The number of amides is 1. The zero-order valence-electron chi connectivity index (χ0n) is 10.1. The molecule has 0 bridgehead atoms. The molecule has 2 atom stereocenters. The van der Waals surface area contributed by atoms with Crippen LogP contribution in [-0.2, 0) is 14.3 Å². The lowest BCUT2D eigenvalue weighted by molar-refractivity contribution is -0.121. The van der Waals surface area contributed by atoms with Crippen LogP contribution in [0.25, 0.3) is 0 Å². The van der Waals surface area contributed by atoms with E-state index in [1.165, 1.54) is 0 Å². The van der Waals surface area contributed by atoms with E-state index in [0.29, 0.717) is 32.2 Å². The van der Waals surface area contributed by atoms with Gasteiger partial charge in [0, 0.05) is 39.3 Å². The van der Waals surface area contributed by atoms with Crippen LogP contribution >= 0.6 is 0 Å². The van der Waals surface area contributed by atoms with Gasteiger partial charge in [-0.05, 0) is 13.3 Å². The van der Waals surface area contributed by atoms with E-state index in [2.05, 4.69) is 17.6 Å². The molecule has 1 aliphatic rings. The van der Waals surface area contributed by atoms with Crippen LogP contribution < -0.4 is 10.6 Å². The highest BCUT2D eigenvalue weighted by atomic mass is 16.5. The summed E-state index contributed by atoms with van der Waals surface area (Å²) in [6, 6.07) is 0.395. The van der Waals surface area contributed by atoms with E-state index in [0.717, 1.165) is 13.0 Å². The third-order valence-corrected chi connectivity index (χ3v) is 2.76. The Balaban J connectivity index is 1.99. The summed E-state index contributed by atoms with van der Waals surface area (Å²) in [6.07, 6.45) is 1.80. The van der Waals surface area contributed by atoms with Crippen molar-refractivity contribution in [1.29, 1.82) is 0 Å². The third kappa shape index (κ3) is 4.92. The standard InChI is InChI=1S/C11H22N2O3/c1-9-10(4-7-16-9)12-5-3-11(14)13-6-8-15-2/h9-10,12H,3-8H2,1-2H3,(H,13,14). The molecule has 0 aliphatic carbocycles. The van der Waals surface area contributed by atoms with E-state index in [1.54, 1.807) is 7.11 Å². The van der Waals surface area contributed by atoms with Crippen LogP contribution in [0.3, 0.4) is 0 Å². The summed E-state index contributed by atoms with van der Waals surface area (Å²) in [5.74, 6) is 0.0659. The molecular weight excluding hydrogens is 208 g/mol. The van der Waals surface area contributed by atoms with Gasteiger partial charge in [0.25, 0.3) is 0 Å². The predicted octanol–water partition coefficient (Wildman–Crippen LogP) is -0.0939. The van der Waals surface area contributed by atoms with Crippen LogP contribution in [-0.4, -0.2) is 51.5 Å². The van der Waals surface area contributed by atoms with Crippen molar-refractivity contribution in [2.45, 2.75) is 31.9 Å². The van der Waals surface area contributed by atoms with E-state index in [1.807, 2.05) is 0 Å². The van der Waals surface area contributed by atoms with Gasteiger partial charge >= 0.3 is 0 Å². The van der Waals surface area contributed by atoms with Crippen LogP contribution in [0.1, 0.15) is 19.8 Å². The molecule has 5 nitrogen and oxygen atoms in total. The minimum absolute atomic E-state index is 0.0659. The average Bonchev–Trinajstić information content (AvgIpc) is 2.65. The monoisotopic (exact) mass is 230 g/mol. The van der Waals surface area contributed by atoms with E-state index < -0.39 is 0 Å². The minimum atomic E-state index is 0.0659. The fourth-order valence-electron chi connectivity index (χ4n) is 1.75. The van der Waals surface area contributed by atoms with Crippen LogP contribution in [0.5, 0.6) is 0 Å². The highest BCUT2D eigenvalue weighted by Crippen LogP contribution is 2.11. The van der Waals surface area contributed by atoms with Crippen LogP contribution in [0, 0.1) is 0 Å². The molecule has 1 amide bonds. The average molecular weight is 230 g/mol. The summed E-state index contributed by atoms with van der Waals surface area (Å²) < 4.78 is 10.3. The first-order chi connectivity index (χ1) is 7.74. The van der Waals surface area contributed by atoms with Gasteiger partial charge in [0.1, 0.15) is 0 Å². The van der Waals surface area contributed by atoms with Crippen molar-refractivity contribution in [3.05, 3.63) is 0 Å². The molecule has 1 heterocycles. The number of methoxy groups -OCH3 is 1. The zero-order chi connectivity index (χ0) is 11.8. The highest BCUT2D eigenvalue weighted by Gasteiger charge is 2.23. The normalized spacial score (nSPS) is 24.6. The summed E-state index contributed by atoms with van der Waals surface area (Å²) in [7, 11) is 1.62. The molecule has 0 aromatic heterocycles. The van der Waals surface area contributed by atoms with Gasteiger partial charge in [0.15, 0.2) is 0 Å². The lowest BCUT2D eigenvalue weighted by Gasteiger charge is -2.15. The van der Waals surface area contributed by atoms with Crippen LogP contribution in [0.4, 0.5) is 0 Å². The summed E-state index contributed by atoms with van der Waals surface area (Å²) >= 11 is 0. The van der Waals surface area contributed by atoms with Crippen molar-refractivity contribution in [1.82, 2.24) is 10.6 Å². The summed E-state index contributed by atoms with van der Waals surface area (Å²) in [4.78, 5) is 11.3. The summed E-state index contributed by atoms with van der Waals surface area (Å²) in [5, 5.41) is 6.12. The topological polar surface area (TPSA) is 59.6 Å². The molecule has 2 unspecified atom stereocenters. The first-order valence-electron chi connectivity index (χ1n) is 5.84. The predicted molar refractivity (Wildman–Crippen MR) is 61.3 cm³/mol. The first kappa shape index (κ1) is 13.4. The fourth-order valence-corrected chi connectivity index (χ4v) is 1.75. The van der Waals surface area contributed by atoms with E-state index in [-0.39, 0.29) is 12.0 Å². The second kappa shape index (κ2) is 7.60. The number of carbonyl (C=O) groups is 1. The molecule has 0 spiro atoms. The number of hydrogen-bond acceptors (Lipinski definition) is 4. The second-order valence-electron chi connectivity index (χ2n) is 4.02. The van der Waals surface area contributed by atoms with Crippen molar-refractivity contribution in [3.63, 3.8) is 0 Å². The zero-order valence-corrected chi connectivity index (χ0v) is 10.1. The SMILES string of the molecule is COCCNC(=O)CCNC1CCOC1C. The second-order valence-corrected chi connectivity index (χ2v) is 4.02. The molecule has 0 radical (unpaired) electrons. The Labute approximate surface area is 96.9 Å². The maximum Gasteiger partial charge on any atom is 0.221 e. The van der Waals surface area contributed by atoms with Gasteiger partial charge in [-0.15, -0.1) is 0 Å². The maximum atomic E-state index is 11.3. The van der Waals surface area contributed by atoms with Gasteiger partial charge in [-0.2, -0.15) is 0 Å². The molecule has 1 aliphatic heterocycles. The number of ether oxygens (including phenoxy) is 2. The number of hydrogen-bond donors (Lipinski definition) is 2. The molecule has 1 saturated heterocycles. The van der Waals surface area contributed by atoms with Gasteiger partial charge < -0.3 is 20.1 Å². The van der Waals surface area contributed by atoms with E-state index >= 15 is 0 Å². The Hall–Kier alpha value is -0.650. The molecule has 2 N–H and O–H groups in total. The van der Waals surface area contributed by atoms with Crippen LogP contribution in [0.15, 0.2) is 0 Å². The third-order valence-electron chi connectivity index (χ3n) is 2.76. The van der Waals surface area contributed by atoms with Crippen LogP contribution in [0.2, 0.25) is 0 Å². The Morgan fingerprint density at radius 3 is 2.94 bits per heavy atom. The first-order valence-corrected chi connectivity index (χ1v) is 5.84. The number of carbonyl (C=O) groups excluding carboxylic acids is 1. The minimum Gasteiger partial charge on any atom is -0.383 e. The fraction of sp³-hybridized carbons (Fsp3) is 0.909. The molecule has 0 aromatic rings. The molecule has 16 heavy (non-hydrogen) atoms. The number of nitrogens with one attached hydrogen (secondary N) is 2. The van der Waals surface area contributed by atoms with Gasteiger partial charge in [-0.1, -0.05) is 0 Å². The molecule has 5 heteroatoms. The highest BCUT2D eigenvalue weighted by molar-refractivity contribution is 5.76. The van der Waals surface area contributed by atoms with Gasteiger partial charge in [0.2, 0.25) is 5.91 Å².